The molecule has 0 unspecified atom stereocenters. The van der Waals surface area contributed by atoms with Crippen LogP contribution in [-0.4, -0.2) is 30.8 Å². The average molecular weight is 377 g/mol. The summed E-state index contributed by atoms with van der Waals surface area (Å²) in [5, 5.41) is 0.232. The van der Waals surface area contributed by atoms with Crippen LogP contribution in [0.5, 0.6) is 0 Å². The maximum atomic E-state index is 13.8. The minimum Gasteiger partial charge on any atom is -0.457 e. The summed E-state index contributed by atoms with van der Waals surface area (Å²) in [5.74, 6) is -1.02. The fourth-order valence-corrected chi connectivity index (χ4v) is 2.51. The third-order valence-corrected chi connectivity index (χ3v) is 4.42. The van der Waals surface area contributed by atoms with Crippen molar-refractivity contribution in [2.24, 2.45) is 4.99 Å². The Bertz CT molecular complexity index is 817. The number of nitrogens with zero attached hydrogens (tertiary/aromatic N) is 2. The molecular formula is C20H22ClFN2O2. The summed E-state index contributed by atoms with van der Waals surface area (Å²) in [4.78, 5) is 18.8. The molecule has 138 valence electrons. The standard InChI is InChI=1S/C20H22ClFN2O2/c1-5-24(4)12-23-19-10-13(2)15(9-14(19)3)20(25)26-11-16-17(21)7-6-8-18(16)22/h6-10,12H,5,11H2,1-4H3. The van der Waals surface area contributed by atoms with Gasteiger partial charge in [-0.2, -0.15) is 0 Å². The summed E-state index contributed by atoms with van der Waals surface area (Å²) in [6, 6.07) is 7.92. The van der Waals surface area contributed by atoms with Crippen LogP contribution in [0.3, 0.4) is 0 Å². The van der Waals surface area contributed by atoms with E-state index < -0.39 is 11.8 Å². The summed E-state index contributed by atoms with van der Waals surface area (Å²) in [7, 11) is 1.94. The topological polar surface area (TPSA) is 41.9 Å². The Morgan fingerprint density at radius 3 is 2.69 bits per heavy atom. The van der Waals surface area contributed by atoms with Gasteiger partial charge in [0.15, 0.2) is 0 Å². The van der Waals surface area contributed by atoms with E-state index in [1.54, 1.807) is 18.5 Å². The first-order chi connectivity index (χ1) is 12.3. The number of rotatable bonds is 6. The molecule has 2 rings (SSSR count). The maximum Gasteiger partial charge on any atom is 0.338 e. The van der Waals surface area contributed by atoms with Crippen molar-refractivity contribution in [3.63, 3.8) is 0 Å². The van der Waals surface area contributed by atoms with Crippen LogP contribution in [0.2, 0.25) is 5.02 Å². The van der Waals surface area contributed by atoms with E-state index in [1.165, 1.54) is 12.1 Å². The van der Waals surface area contributed by atoms with Crippen molar-refractivity contribution in [2.75, 3.05) is 13.6 Å². The van der Waals surface area contributed by atoms with Gasteiger partial charge in [0.1, 0.15) is 12.4 Å². The number of esters is 1. The quantitative estimate of drug-likeness (QED) is 0.402. The van der Waals surface area contributed by atoms with E-state index in [1.807, 2.05) is 38.8 Å². The molecule has 4 nitrogen and oxygen atoms in total. The molecular weight excluding hydrogens is 355 g/mol. The lowest BCUT2D eigenvalue weighted by Gasteiger charge is -2.12. The monoisotopic (exact) mass is 376 g/mol. The van der Waals surface area contributed by atoms with Crippen LogP contribution >= 0.6 is 11.6 Å². The van der Waals surface area contributed by atoms with Gasteiger partial charge in [0.05, 0.1) is 22.6 Å². The predicted octanol–water partition coefficient (Wildman–Crippen LogP) is 5.06. The molecule has 2 aromatic rings. The predicted molar refractivity (Wildman–Crippen MR) is 103 cm³/mol. The highest BCUT2D eigenvalue weighted by Crippen LogP contribution is 2.25. The van der Waals surface area contributed by atoms with E-state index in [0.717, 1.165) is 23.4 Å². The molecule has 2 aromatic carbocycles. The van der Waals surface area contributed by atoms with E-state index in [4.69, 9.17) is 16.3 Å². The van der Waals surface area contributed by atoms with Crippen LogP contribution in [0.15, 0.2) is 35.3 Å². The van der Waals surface area contributed by atoms with E-state index >= 15 is 0 Å². The lowest BCUT2D eigenvalue weighted by atomic mass is 10.0. The molecule has 0 aromatic heterocycles. The Balaban J connectivity index is 2.17. The Morgan fingerprint density at radius 2 is 2.04 bits per heavy atom. The molecule has 0 atom stereocenters. The number of carbonyl (C=O) groups excluding carboxylic acids is 1. The second-order valence-electron chi connectivity index (χ2n) is 6.05. The smallest absolute Gasteiger partial charge is 0.338 e. The van der Waals surface area contributed by atoms with Gasteiger partial charge in [-0.05, 0) is 56.2 Å². The first-order valence-corrected chi connectivity index (χ1v) is 8.67. The second-order valence-corrected chi connectivity index (χ2v) is 6.45. The first-order valence-electron chi connectivity index (χ1n) is 8.29. The summed E-state index contributed by atoms with van der Waals surface area (Å²) in [5.41, 5.74) is 2.98. The number of halogens is 2. The Hall–Kier alpha value is -2.40. The zero-order chi connectivity index (χ0) is 19.3. The molecule has 0 fully saturated rings. The zero-order valence-electron chi connectivity index (χ0n) is 15.3. The van der Waals surface area contributed by atoms with Crippen LogP contribution in [0.4, 0.5) is 10.1 Å². The number of hydrogen-bond donors (Lipinski definition) is 0. The molecule has 0 saturated heterocycles. The Labute approximate surface area is 158 Å². The van der Waals surface area contributed by atoms with Crippen LogP contribution in [-0.2, 0) is 11.3 Å². The van der Waals surface area contributed by atoms with Crippen molar-refractivity contribution < 1.29 is 13.9 Å². The normalized spacial score (nSPS) is 11.0. The number of benzene rings is 2. The molecule has 0 heterocycles. The van der Waals surface area contributed by atoms with Gasteiger partial charge in [-0.25, -0.2) is 14.2 Å². The van der Waals surface area contributed by atoms with E-state index in [9.17, 15) is 9.18 Å². The van der Waals surface area contributed by atoms with E-state index in [2.05, 4.69) is 4.99 Å². The highest BCUT2D eigenvalue weighted by atomic mass is 35.5. The number of carbonyl (C=O) groups is 1. The van der Waals surface area contributed by atoms with Crippen molar-refractivity contribution in [3.05, 3.63) is 63.4 Å². The van der Waals surface area contributed by atoms with Gasteiger partial charge in [0, 0.05) is 19.2 Å². The van der Waals surface area contributed by atoms with Gasteiger partial charge >= 0.3 is 5.97 Å². The van der Waals surface area contributed by atoms with Crippen molar-refractivity contribution in [2.45, 2.75) is 27.4 Å². The number of ether oxygens (including phenoxy) is 1. The highest BCUT2D eigenvalue weighted by Gasteiger charge is 2.15. The molecule has 0 spiro atoms. The molecule has 0 amide bonds. The summed E-state index contributed by atoms with van der Waals surface area (Å²) < 4.78 is 19.0. The second kappa shape index (κ2) is 8.81. The largest absolute Gasteiger partial charge is 0.457 e. The van der Waals surface area contributed by atoms with Crippen molar-refractivity contribution in [1.29, 1.82) is 0 Å². The van der Waals surface area contributed by atoms with Crippen LogP contribution in [0, 0.1) is 19.7 Å². The van der Waals surface area contributed by atoms with E-state index in [-0.39, 0.29) is 17.2 Å². The van der Waals surface area contributed by atoms with Crippen LogP contribution in [0.1, 0.15) is 34.0 Å². The Kier molecular flexibility index (Phi) is 6.75. The molecule has 6 heteroatoms. The molecule has 0 aliphatic heterocycles. The minimum absolute atomic E-state index is 0.167. The molecule has 0 bridgehead atoms. The number of hydrogen-bond acceptors (Lipinski definition) is 3. The maximum absolute atomic E-state index is 13.8. The number of aliphatic imine (C=N–C) groups is 1. The van der Waals surface area contributed by atoms with Gasteiger partial charge in [0.2, 0.25) is 0 Å². The summed E-state index contributed by atoms with van der Waals surface area (Å²) in [6.07, 6.45) is 1.75. The van der Waals surface area contributed by atoms with Gasteiger partial charge in [-0.15, -0.1) is 0 Å². The fourth-order valence-electron chi connectivity index (χ4n) is 2.29. The van der Waals surface area contributed by atoms with Gasteiger partial charge in [-0.1, -0.05) is 17.7 Å². The van der Waals surface area contributed by atoms with Gasteiger partial charge < -0.3 is 9.64 Å². The van der Waals surface area contributed by atoms with Crippen molar-refractivity contribution >= 4 is 29.6 Å². The summed E-state index contributed by atoms with van der Waals surface area (Å²) >= 11 is 5.96. The van der Waals surface area contributed by atoms with Gasteiger partial charge in [-0.3, -0.25) is 0 Å². The summed E-state index contributed by atoms with van der Waals surface area (Å²) in [6.45, 7) is 6.36. The minimum atomic E-state index is -0.522. The Morgan fingerprint density at radius 1 is 1.31 bits per heavy atom. The molecule has 0 saturated carbocycles. The lowest BCUT2D eigenvalue weighted by Crippen LogP contribution is -2.14. The van der Waals surface area contributed by atoms with Gasteiger partial charge in [0.25, 0.3) is 0 Å². The molecule has 0 N–H and O–H groups in total. The zero-order valence-corrected chi connectivity index (χ0v) is 16.1. The van der Waals surface area contributed by atoms with Crippen LogP contribution < -0.4 is 0 Å². The third kappa shape index (κ3) is 4.82. The lowest BCUT2D eigenvalue weighted by molar-refractivity contribution is 0.0468. The average Bonchev–Trinajstić information content (AvgIpc) is 2.61. The third-order valence-electron chi connectivity index (χ3n) is 4.06. The molecule has 0 aliphatic rings. The van der Waals surface area contributed by atoms with Crippen molar-refractivity contribution in [3.8, 4) is 0 Å². The fraction of sp³-hybridized carbons (Fsp3) is 0.300. The molecule has 0 aliphatic carbocycles. The highest BCUT2D eigenvalue weighted by molar-refractivity contribution is 6.31. The van der Waals surface area contributed by atoms with Crippen molar-refractivity contribution in [1.82, 2.24) is 4.90 Å². The molecule has 0 radical (unpaired) electrons. The SMILES string of the molecule is CCN(C)C=Nc1cc(C)c(C(=O)OCc2c(F)cccc2Cl)cc1C. The number of aryl methyl sites for hydroxylation is 2. The van der Waals surface area contributed by atoms with Crippen LogP contribution in [0.25, 0.3) is 0 Å². The first kappa shape index (κ1) is 19.9. The molecule has 26 heavy (non-hydrogen) atoms. The van der Waals surface area contributed by atoms with E-state index in [0.29, 0.717) is 5.56 Å².